The van der Waals surface area contributed by atoms with Crippen molar-refractivity contribution in [1.82, 2.24) is 20.2 Å². The number of hydrogen-bond donors (Lipinski definition) is 1. The number of hydrogen-bond acceptors (Lipinski definition) is 4. The number of alkyl halides is 3. The number of rotatable bonds is 1. The van der Waals surface area contributed by atoms with Gasteiger partial charge in [0.1, 0.15) is 0 Å². The normalized spacial score (nSPS) is 11.7. The predicted molar refractivity (Wildman–Crippen MR) is 48.6 cm³/mol. The first-order valence-corrected chi connectivity index (χ1v) is 4.18. The number of anilines is 1. The zero-order valence-electron chi connectivity index (χ0n) is 7.81. The summed E-state index contributed by atoms with van der Waals surface area (Å²) in [6.45, 7) is 0. The van der Waals surface area contributed by atoms with Gasteiger partial charge in [-0.15, -0.1) is 15.0 Å². The summed E-state index contributed by atoms with van der Waals surface area (Å²) >= 11 is 0. The Kier molecular flexibility index (Phi) is 2.26. The molecule has 84 valence electrons. The monoisotopic (exact) mass is 229 g/mol. The van der Waals surface area contributed by atoms with Crippen molar-refractivity contribution in [2.75, 3.05) is 5.73 Å². The van der Waals surface area contributed by atoms with Gasteiger partial charge in [0.2, 0.25) is 0 Å². The third kappa shape index (κ3) is 1.81. The highest BCUT2D eigenvalue weighted by Gasteiger charge is 2.34. The van der Waals surface area contributed by atoms with Crippen LogP contribution in [0.5, 0.6) is 0 Å². The van der Waals surface area contributed by atoms with E-state index in [2.05, 4.69) is 15.4 Å². The number of nitrogen functional groups attached to an aromatic ring is 1. The molecule has 0 saturated carbocycles. The maximum atomic E-state index is 12.7. The molecule has 1 heterocycles. The number of benzene rings is 1. The van der Waals surface area contributed by atoms with Crippen molar-refractivity contribution < 1.29 is 13.2 Å². The van der Waals surface area contributed by atoms with Crippen LogP contribution in [0.1, 0.15) is 5.56 Å². The van der Waals surface area contributed by atoms with Gasteiger partial charge in [-0.1, -0.05) is 0 Å². The third-order valence-electron chi connectivity index (χ3n) is 1.89. The lowest BCUT2D eigenvalue weighted by Gasteiger charge is -2.11. The average Bonchev–Trinajstić information content (AvgIpc) is 2.69. The molecule has 1 aromatic heterocycles. The molecule has 0 bridgehead atoms. The molecule has 0 radical (unpaired) electrons. The lowest BCUT2D eigenvalue weighted by Crippen LogP contribution is -2.13. The highest BCUT2D eigenvalue weighted by atomic mass is 19.4. The summed E-state index contributed by atoms with van der Waals surface area (Å²) in [6.07, 6.45) is -3.46. The van der Waals surface area contributed by atoms with Crippen LogP contribution < -0.4 is 5.73 Å². The van der Waals surface area contributed by atoms with Crippen LogP contribution in [0.2, 0.25) is 0 Å². The average molecular weight is 229 g/mol. The van der Waals surface area contributed by atoms with Gasteiger partial charge >= 0.3 is 6.18 Å². The van der Waals surface area contributed by atoms with Crippen molar-refractivity contribution in [2.45, 2.75) is 6.18 Å². The summed E-state index contributed by atoms with van der Waals surface area (Å²) in [7, 11) is 0. The van der Waals surface area contributed by atoms with Gasteiger partial charge in [0.25, 0.3) is 0 Å². The number of halogens is 3. The molecule has 0 atom stereocenters. The molecule has 0 unspecified atom stereocenters. The first-order valence-electron chi connectivity index (χ1n) is 4.18. The second-order valence-corrected chi connectivity index (χ2v) is 3.00. The highest BCUT2D eigenvalue weighted by Crippen LogP contribution is 2.34. The number of nitrogens with zero attached hydrogens (tertiary/aromatic N) is 4. The van der Waals surface area contributed by atoms with Crippen LogP contribution in [0.3, 0.4) is 0 Å². The van der Waals surface area contributed by atoms with Crippen LogP contribution >= 0.6 is 0 Å². The van der Waals surface area contributed by atoms with Gasteiger partial charge in [-0.25, -0.2) is 0 Å². The lowest BCUT2D eigenvalue weighted by molar-refractivity contribution is -0.137. The Morgan fingerprint density at radius 1 is 1.25 bits per heavy atom. The largest absolute Gasteiger partial charge is 0.418 e. The first-order chi connectivity index (χ1) is 7.48. The van der Waals surface area contributed by atoms with Crippen LogP contribution in [-0.4, -0.2) is 20.2 Å². The molecule has 2 N–H and O–H groups in total. The molecule has 0 aliphatic rings. The minimum Gasteiger partial charge on any atom is -0.399 e. The zero-order valence-corrected chi connectivity index (χ0v) is 7.81. The van der Waals surface area contributed by atoms with Gasteiger partial charge in [0, 0.05) is 5.69 Å². The minimum absolute atomic E-state index is 0.0243. The first kappa shape index (κ1) is 10.4. The van der Waals surface area contributed by atoms with E-state index in [0.717, 1.165) is 17.2 Å². The van der Waals surface area contributed by atoms with Crippen molar-refractivity contribution in [1.29, 1.82) is 0 Å². The van der Waals surface area contributed by atoms with E-state index in [4.69, 9.17) is 5.73 Å². The zero-order chi connectivity index (χ0) is 11.8. The molecule has 0 saturated heterocycles. The molecule has 0 fully saturated rings. The maximum absolute atomic E-state index is 12.7. The van der Waals surface area contributed by atoms with E-state index in [1.54, 1.807) is 0 Å². The van der Waals surface area contributed by atoms with E-state index in [0.29, 0.717) is 0 Å². The van der Waals surface area contributed by atoms with Gasteiger partial charge in [-0.3, -0.25) is 0 Å². The van der Waals surface area contributed by atoms with Gasteiger partial charge in [-0.2, -0.15) is 13.2 Å². The van der Waals surface area contributed by atoms with Crippen LogP contribution in [-0.2, 0) is 6.18 Å². The SMILES string of the molecule is Nc1ccc(-n2ncnn2)c(C(F)(F)F)c1. The van der Waals surface area contributed by atoms with E-state index in [1.165, 1.54) is 12.1 Å². The highest BCUT2D eigenvalue weighted by molar-refractivity contribution is 5.51. The Morgan fingerprint density at radius 3 is 2.56 bits per heavy atom. The van der Waals surface area contributed by atoms with E-state index >= 15 is 0 Å². The molecule has 2 rings (SSSR count). The standard InChI is InChI=1S/C8H6F3N5/c9-8(10,11)6-3-5(12)1-2-7(6)16-14-4-13-15-16/h1-4H,12H2. The van der Waals surface area contributed by atoms with Crippen LogP contribution in [0.15, 0.2) is 24.5 Å². The smallest absolute Gasteiger partial charge is 0.399 e. The van der Waals surface area contributed by atoms with Crippen LogP contribution in [0.25, 0.3) is 5.69 Å². The Balaban J connectivity index is 2.62. The molecular weight excluding hydrogens is 223 g/mol. The van der Waals surface area contributed by atoms with E-state index < -0.39 is 11.7 Å². The van der Waals surface area contributed by atoms with E-state index in [-0.39, 0.29) is 11.4 Å². The molecule has 2 aromatic rings. The number of tetrazole rings is 1. The van der Waals surface area contributed by atoms with Crippen LogP contribution in [0, 0.1) is 0 Å². The molecular formula is C8H6F3N5. The summed E-state index contributed by atoms with van der Waals surface area (Å²) in [4.78, 5) is 0.794. The molecule has 0 amide bonds. The van der Waals surface area contributed by atoms with Crippen molar-refractivity contribution in [2.24, 2.45) is 0 Å². The van der Waals surface area contributed by atoms with Gasteiger partial charge in [0.15, 0.2) is 6.33 Å². The third-order valence-corrected chi connectivity index (χ3v) is 1.89. The molecule has 16 heavy (non-hydrogen) atoms. The quantitative estimate of drug-likeness (QED) is 0.747. The lowest BCUT2D eigenvalue weighted by atomic mass is 10.1. The maximum Gasteiger partial charge on any atom is 0.418 e. The summed E-state index contributed by atoms with van der Waals surface area (Å²) in [6, 6.07) is 3.37. The second-order valence-electron chi connectivity index (χ2n) is 3.00. The molecule has 0 aliphatic heterocycles. The van der Waals surface area contributed by atoms with Crippen molar-refractivity contribution in [3.8, 4) is 5.69 Å². The Labute approximate surface area is 87.7 Å². The van der Waals surface area contributed by atoms with Crippen molar-refractivity contribution in [3.05, 3.63) is 30.1 Å². The molecule has 0 spiro atoms. The Hall–Kier alpha value is -2.12. The Morgan fingerprint density at radius 2 is 2.00 bits per heavy atom. The molecule has 0 aliphatic carbocycles. The summed E-state index contributed by atoms with van der Waals surface area (Å²) in [5.41, 5.74) is 4.23. The van der Waals surface area contributed by atoms with E-state index in [1.807, 2.05) is 0 Å². The van der Waals surface area contributed by atoms with Crippen LogP contribution in [0.4, 0.5) is 18.9 Å². The van der Waals surface area contributed by atoms with Crippen molar-refractivity contribution in [3.63, 3.8) is 0 Å². The van der Waals surface area contributed by atoms with Gasteiger partial charge in [0.05, 0.1) is 11.3 Å². The minimum atomic E-state index is -4.52. The second kappa shape index (κ2) is 3.47. The summed E-state index contributed by atoms with van der Waals surface area (Å²) < 4.78 is 38.0. The fourth-order valence-corrected chi connectivity index (χ4v) is 1.23. The van der Waals surface area contributed by atoms with E-state index in [9.17, 15) is 13.2 Å². The Bertz CT molecular complexity index is 491. The fourth-order valence-electron chi connectivity index (χ4n) is 1.23. The molecule has 5 nitrogen and oxygen atoms in total. The topological polar surface area (TPSA) is 69.6 Å². The number of aromatic nitrogens is 4. The fraction of sp³-hybridized carbons (Fsp3) is 0.125. The predicted octanol–water partition coefficient (Wildman–Crippen LogP) is 1.26. The van der Waals surface area contributed by atoms with Gasteiger partial charge in [-0.05, 0) is 23.4 Å². The number of nitrogens with two attached hydrogens (primary N) is 1. The van der Waals surface area contributed by atoms with Crippen molar-refractivity contribution >= 4 is 5.69 Å². The van der Waals surface area contributed by atoms with Gasteiger partial charge < -0.3 is 5.73 Å². The summed E-state index contributed by atoms with van der Waals surface area (Å²) in [5.74, 6) is 0. The summed E-state index contributed by atoms with van der Waals surface area (Å²) in [5, 5.41) is 10.3. The molecule has 8 heteroatoms. The molecule has 1 aromatic carbocycles.